The van der Waals surface area contributed by atoms with E-state index in [4.69, 9.17) is 28.4 Å². The van der Waals surface area contributed by atoms with Crippen LogP contribution in [0.4, 0.5) is 0 Å². The summed E-state index contributed by atoms with van der Waals surface area (Å²) in [5.74, 6) is -2.88. The van der Waals surface area contributed by atoms with Crippen molar-refractivity contribution >= 4 is 23.9 Å². The van der Waals surface area contributed by atoms with Gasteiger partial charge in [0.2, 0.25) is 0 Å². The van der Waals surface area contributed by atoms with Gasteiger partial charge in [0.05, 0.1) is 22.1 Å². The first-order valence-electron chi connectivity index (χ1n) is 11.6. The second-order valence-corrected chi connectivity index (χ2v) is 8.13. The Hall–Kier alpha value is -2.98. The normalized spacial score (nSPS) is 12.9. The molecule has 0 radical (unpaired) electrons. The van der Waals surface area contributed by atoms with E-state index in [1.54, 1.807) is 27.7 Å². The van der Waals surface area contributed by atoms with Gasteiger partial charge >= 0.3 is 23.9 Å². The zero-order valence-corrected chi connectivity index (χ0v) is 21.5. The molecule has 2 atom stereocenters. The third-order valence-corrected chi connectivity index (χ3v) is 5.03. The second kappa shape index (κ2) is 14.4. The Morgan fingerprint density at radius 1 is 0.771 bits per heavy atom. The van der Waals surface area contributed by atoms with Gasteiger partial charge < -0.3 is 28.4 Å². The number of esters is 4. The van der Waals surface area contributed by atoms with E-state index in [9.17, 15) is 19.2 Å². The maximum Gasteiger partial charge on any atom is 0.341 e. The molecule has 10 nitrogen and oxygen atoms in total. The molecule has 0 fully saturated rings. The number of ether oxygens (including phenoxy) is 6. The number of hydrogen-bond acceptors (Lipinski definition) is 10. The van der Waals surface area contributed by atoms with Crippen LogP contribution in [0.5, 0.6) is 0 Å². The van der Waals surface area contributed by atoms with Crippen LogP contribution in [-0.4, -0.2) is 62.9 Å². The van der Waals surface area contributed by atoms with Crippen LogP contribution in [0.2, 0.25) is 0 Å². The highest BCUT2D eigenvalue weighted by molar-refractivity contribution is 6.05. The van der Waals surface area contributed by atoms with Crippen molar-refractivity contribution in [3.05, 3.63) is 34.9 Å². The highest BCUT2D eigenvalue weighted by Crippen LogP contribution is 2.21. The minimum absolute atomic E-state index is 0.00404. The van der Waals surface area contributed by atoms with Gasteiger partial charge in [0.15, 0.2) is 12.6 Å². The van der Waals surface area contributed by atoms with E-state index < -0.39 is 41.9 Å². The summed E-state index contributed by atoms with van der Waals surface area (Å²) < 4.78 is 31.1. The van der Waals surface area contributed by atoms with Crippen LogP contribution >= 0.6 is 0 Å². The van der Waals surface area contributed by atoms with Gasteiger partial charge in [0, 0.05) is 13.2 Å². The van der Waals surface area contributed by atoms with Crippen molar-refractivity contribution in [2.75, 3.05) is 26.4 Å². The van der Waals surface area contributed by atoms with Gasteiger partial charge in [-0.1, -0.05) is 6.92 Å². The van der Waals surface area contributed by atoms with Crippen molar-refractivity contribution in [1.29, 1.82) is 0 Å². The summed E-state index contributed by atoms with van der Waals surface area (Å²) in [5.41, 5.74) is -0.953. The Kier molecular flexibility index (Phi) is 12.4. The quantitative estimate of drug-likeness (QED) is 0.162. The first-order chi connectivity index (χ1) is 16.5. The molecule has 1 aromatic rings. The Bertz CT molecular complexity index is 877. The molecule has 0 heterocycles. The Labute approximate surface area is 206 Å². The van der Waals surface area contributed by atoms with E-state index >= 15 is 0 Å². The lowest BCUT2D eigenvalue weighted by Gasteiger charge is -2.20. The van der Waals surface area contributed by atoms with Gasteiger partial charge in [-0.05, 0) is 66.2 Å². The third-order valence-electron chi connectivity index (χ3n) is 5.03. The highest BCUT2D eigenvalue weighted by Gasteiger charge is 2.27. The Morgan fingerprint density at radius 2 is 1.29 bits per heavy atom. The fraction of sp³-hybridized carbons (Fsp3) is 0.600. The van der Waals surface area contributed by atoms with Crippen LogP contribution < -0.4 is 0 Å². The molecule has 0 spiro atoms. The van der Waals surface area contributed by atoms with Crippen molar-refractivity contribution in [3.63, 3.8) is 0 Å². The van der Waals surface area contributed by atoms with Gasteiger partial charge in [0.25, 0.3) is 0 Å². The summed E-state index contributed by atoms with van der Waals surface area (Å²) in [7, 11) is 0. The lowest BCUT2D eigenvalue weighted by molar-refractivity contribution is -0.155. The second-order valence-electron chi connectivity index (χ2n) is 8.13. The molecule has 1 aromatic carbocycles. The number of carbonyl (C=O) groups excluding carboxylic acids is 4. The van der Waals surface area contributed by atoms with E-state index in [0.29, 0.717) is 19.6 Å². The van der Waals surface area contributed by atoms with Crippen LogP contribution in [-0.2, 0) is 33.2 Å². The molecule has 2 unspecified atom stereocenters. The summed E-state index contributed by atoms with van der Waals surface area (Å²) in [4.78, 5) is 49.9. The molecule has 0 aliphatic rings. The molecule has 35 heavy (non-hydrogen) atoms. The van der Waals surface area contributed by atoms with Crippen molar-refractivity contribution in [1.82, 2.24) is 0 Å². The molecule has 0 aromatic heterocycles. The van der Waals surface area contributed by atoms with Crippen LogP contribution in [0.15, 0.2) is 18.2 Å². The minimum atomic E-state index is -0.882. The topological polar surface area (TPSA) is 124 Å². The molecule has 0 amide bonds. The molecule has 0 saturated heterocycles. The zero-order valence-electron chi connectivity index (χ0n) is 21.5. The first kappa shape index (κ1) is 30.1. The molecular weight excluding hydrogens is 460 g/mol. The van der Waals surface area contributed by atoms with E-state index in [1.807, 2.05) is 6.92 Å². The number of rotatable bonds is 14. The molecule has 0 N–H and O–H groups in total. The molecule has 0 aliphatic heterocycles. The average molecular weight is 497 g/mol. The van der Waals surface area contributed by atoms with Crippen LogP contribution in [0, 0.1) is 5.41 Å². The lowest BCUT2D eigenvalue weighted by Crippen LogP contribution is -2.27. The molecular formula is C25H36O10. The van der Waals surface area contributed by atoms with Gasteiger partial charge in [-0.2, -0.15) is 0 Å². The molecule has 0 aliphatic carbocycles. The van der Waals surface area contributed by atoms with Crippen molar-refractivity contribution in [3.8, 4) is 0 Å². The summed E-state index contributed by atoms with van der Waals surface area (Å²) in [6.07, 6.45) is -1.12. The molecule has 0 saturated carbocycles. The number of benzene rings is 1. The highest BCUT2D eigenvalue weighted by atomic mass is 16.7. The fourth-order valence-electron chi connectivity index (χ4n) is 2.68. The summed E-state index contributed by atoms with van der Waals surface area (Å²) in [6, 6.07) is 3.76. The van der Waals surface area contributed by atoms with Gasteiger partial charge in [-0.3, -0.25) is 4.79 Å². The van der Waals surface area contributed by atoms with Crippen LogP contribution in [0.25, 0.3) is 0 Å². The largest absolute Gasteiger partial charge is 0.462 e. The summed E-state index contributed by atoms with van der Waals surface area (Å²) >= 11 is 0. The molecule has 1 rings (SSSR count). The van der Waals surface area contributed by atoms with E-state index in [-0.39, 0.29) is 29.9 Å². The summed E-state index contributed by atoms with van der Waals surface area (Å²) in [5, 5.41) is 0. The molecule has 196 valence electrons. The summed E-state index contributed by atoms with van der Waals surface area (Å²) in [6.45, 7) is 12.3. The van der Waals surface area contributed by atoms with Gasteiger partial charge in [-0.25, -0.2) is 14.4 Å². The van der Waals surface area contributed by atoms with Crippen molar-refractivity contribution in [2.24, 2.45) is 5.41 Å². The van der Waals surface area contributed by atoms with Gasteiger partial charge in [0.1, 0.15) is 13.2 Å². The maximum absolute atomic E-state index is 12.7. The van der Waals surface area contributed by atoms with Crippen LogP contribution in [0.1, 0.15) is 86.0 Å². The predicted octanol–water partition coefficient (Wildman–Crippen LogP) is 3.90. The Balaban J connectivity index is 3.00. The third kappa shape index (κ3) is 9.65. The smallest absolute Gasteiger partial charge is 0.341 e. The van der Waals surface area contributed by atoms with E-state index in [2.05, 4.69) is 0 Å². The monoisotopic (exact) mass is 496 g/mol. The number of hydrogen-bond donors (Lipinski definition) is 0. The standard InChI is InChI=1S/C25H36O10/c1-8-25(6,7)24(29)33-14-13-32-21(26)18-11-12-19(22(27)34-16(4)30-9-2)20(15-18)23(28)35-17(5)31-10-3/h11-12,15-17H,8-10,13-14H2,1-7H3. The average Bonchev–Trinajstić information content (AvgIpc) is 2.81. The van der Waals surface area contributed by atoms with Crippen LogP contribution in [0.3, 0.4) is 0 Å². The van der Waals surface area contributed by atoms with Crippen molar-refractivity contribution in [2.45, 2.75) is 67.5 Å². The van der Waals surface area contributed by atoms with E-state index in [0.717, 1.165) is 0 Å². The SMILES string of the molecule is CCOC(C)OC(=O)c1ccc(C(=O)OCCOC(=O)C(C)(C)CC)cc1C(=O)OC(C)OCC. The maximum atomic E-state index is 12.7. The number of carbonyl (C=O) groups is 4. The first-order valence-corrected chi connectivity index (χ1v) is 11.6. The zero-order chi connectivity index (χ0) is 26.6. The van der Waals surface area contributed by atoms with Crippen molar-refractivity contribution < 1.29 is 47.6 Å². The van der Waals surface area contributed by atoms with E-state index in [1.165, 1.54) is 32.0 Å². The van der Waals surface area contributed by atoms with Gasteiger partial charge in [-0.15, -0.1) is 0 Å². The lowest BCUT2D eigenvalue weighted by atomic mass is 9.91. The molecule has 10 heteroatoms. The predicted molar refractivity (Wildman–Crippen MR) is 125 cm³/mol. The molecule has 0 bridgehead atoms. The fourth-order valence-corrected chi connectivity index (χ4v) is 2.68. The minimum Gasteiger partial charge on any atom is -0.462 e. The Morgan fingerprint density at radius 3 is 1.80 bits per heavy atom.